The zero-order chi connectivity index (χ0) is 10.9. The Hall–Kier alpha value is -1.62. The van der Waals surface area contributed by atoms with Crippen LogP contribution in [0.2, 0.25) is 0 Å². The second-order valence-electron chi connectivity index (χ2n) is 3.72. The van der Waals surface area contributed by atoms with E-state index in [1.165, 1.54) is 6.07 Å². The van der Waals surface area contributed by atoms with Crippen LogP contribution in [0.5, 0.6) is 0 Å². The van der Waals surface area contributed by atoms with E-state index in [1.807, 2.05) is 0 Å². The van der Waals surface area contributed by atoms with Crippen molar-refractivity contribution in [2.75, 3.05) is 5.73 Å². The molecule has 0 aliphatic carbocycles. The van der Waals surface area contributed by atoms with E-state index >= 15 is 0 Å². The van der Waals surface area contributed by atoms with Gasteiger partial charge in [-0.15, -0.1) is 0 Å². The standard InChI is InChI=1S/C9H13N3O2/c1-9(2,11)6-4-3-5-7(8(6)10)12(13)14/h3-5H,10-11H2,1-2H3. The first-order valence-electron chi connectivity index (χ1n) is 4.16. The Balaban J connectivity index is 3.35. The number of hydrogen-bond acceptors (Lipinski definition) is 4. The largest absolute Gasteiger partial charge is 0.393 e. The second kappa shape index (κ2) is 3.26. The summed E-state index contributed by atoms with van der Waals surface area (Å²) in [5.41, 5.74) is 11.4. The van der Waals surface area contributed by atoms with Gasteiger partial charge < -0.3 is 11.5 Å². The maximum Gasteiger partial charge on any atom is 0.292 e. The minimum Gasteiger partial charge on any atom is -0.393 e. The third-order valence-electron chi connectivity index (χ3n) is 1.97. The van der Waals surface area contributed by atoms with Crippen molar-refractivity contribution in [3.63, 3.8) is 0 Å². The van der Waals surface area contributed by atoms with Crippen molar-refractivity contribution in [2.24, 2.45) is 5.73 Å². The minimum atomic E-state index is -0.671. The van der Waals surface area contributed by atoms with Gasteiger partial charge in [0.1, 0.15) is 5.69 Å². The van der Waals surface area contributed by atoms with Crippen LogP contribution in [0.4, 0.5) is 11.4 Å². The molecule has 0 aliphatic rings. The molecule has 0 fully saturated rings. The Morgan fingerprint density at radius 1 is 1.43 bits per heavy atom. The molecular weight excluding hydrogens is 182 g/mol. The summed E-state index contributed by atoms with van der Waals surface area (Å²) >= 11 is 0. The molecule has 4 N–H and O–H groups in total. The third kappa shape index (κ3) is 1.82. The molecule has 0 aliphatic heterocycles. The zero-order valence-electron chi connectivity index (χ0n) is 8.15. The fourth-order valence-corrected chi connectivity index (χ4v) is 1.27. The summed E-state index contributed by atoms with van der Waals surface area (Å²) in [6.45, 7) is 3.50. The van der Waals surface area contributed by atoms with Gasteiger partial charge in [0.25, 0.3) is 5.69 Å². The fourth-order valence-electron chi connectivity index (χ4n) is 1.27. The fraction of sp³-hybridized carbons (Fsp3) is 0.333. The van der Waals surface area contributed by atoms with Crippen molar-refractivity contribution in [3.8, 4) is 0 Å². The van der Waals surface area contributed by atoms with Crippen LogP contribution in [-0.2, 0) is 5.54 Å². The number of benzene rings is 1. The summed E-state index contributed by atoms with van der Waals surface area (Å²) < 4.78 is 0. The van der Waals surface area contributed by atoms with Crippen LogP contribution < -0.4 is 11.5 Å². The normalized spacial score (nSPS) is 11.4. The molecule has 0 bridgehead atoms. The van der Waals surface area contributed by atoms with Gasteiger partial charge in [0.15, 0.2) is 0 Å². The van der Waals surface area contributed by atoms with Crippen molar-refractivity contribution in [1.29, 1.82) is 0 Å². The van der Waals surface area contributed by atoms with E-state index in [4.69, 9.17) is 11.5 Å². The molecule has 0 amide bonds. The lowest BCUT2D eigenvalue weighted by Gasteiger charge is -2.20. The predicted octanol–water partition coefficient (Wildman–Crippen LogP) is 1.37. The summed E-state index contributed by atoms with van der Waals surface area (Å²) in [6, 6.07) is 4.64. The summed E-state index contributed by atoms with van der Waals surface area (Å²) in [5.74, 6) is 0. The van der Waals surface area contributed by atoms with Gasteiger partial charge in [0, 0.05) is 17.2 Å². The molecule has 0 spiro atoms. The number of para-hydroxylation sites is 1. The lowest BCUT2D eigenvalue weighted by atomic mass is 9.93. The maximum absolute atomic E-state index is 10.6. The topological polar surface area (TPSA) is 95.2 Å². The zero-order valence-corrected chi connectivity index (χ0v) is 8.15. The monoisotopic (exact) mass is 195 g/mol. The Labute approximate surface area is 81.9 Å². The molecule has 1 aromatic carbocycles. The summed E-state index contributed by atoms with van der Waals surface area (Å²) in [4.78, 5) is 10.1. The van der Waals surface area contributed by atoms with E-state index in [1.54, 1.807) is 26.0 Å². The van der Waals surface area contributed by atoms with Crippen LogP contribution in [0.15, 0.2) is 18.2 Å². The average Bonchev–Trinajstić information content (AvgIpc) is 2.01. The van der Waals surface area contributed by atoms with E-state index in [0.29, 0.717) is 5.56 Å². The number of nitrogens with two attached hydrogens (primary N) is 2. The highest BCUT2D eigenvalue weighted by Crippen LogP contribution is 2.30. The molecule has 0 unspecified atom stereocenters. The lowest BCUT2D eigenvalue weighted by molar-refractivity contribution is -0.384. The van der Waals surface area contributed by atoms with Gasteiger partial charge in [0.2, 0.25) is 0 Å². The molecule has 0 saturated heterocycles. The van der Waals surface area contributed by atoms with Crippen molar-refractivity contribution in [1.82, 2.24) is 0 Å². The van der Waals surface area contributed by atoms with Crippen molar-refractivity contribution >= 4 is 11.4 Å². The molecule has 76 valence electrons. The second-order valence-corrected chi connectivity index (χ2v) is 3.72. The van der Waals surface area contributed by atoms with Crippen LogP contribution in [0.25, 0.3) is 0 Å². The van der Waals surface area contributed by atoms with E-state index in [-0.39, 0.29) is 11.4 Å². The molecule has 5 heteroatoms. The van der Waals surface area contributed by atoms with Crippen molar-refractivity contribution in [3.05, 3.63) is 33.9 Å². The SMILES string of the molecule is CC(C)(N)c1cccc([N+](=O)[O-])c1N. The quantitative estimate of drug-likeness (QED) is 0.423. The minimum absolute atomic E-state index is 0.0963. The van der Waals surface area contributed by atoms with E-state index < -0.39 is 10.5 Å². The van der Waals surface area contributed by atoms with Gasteiger partial charge in [-0.05, 0) is 13.8 Å². The van der Waals surface area contributed by atoms with E-state index in [2.05, 4.69) is 0 Å². The van der Waals surface area contributed by atoms with E-state index in [0.717, 1.165) is 0 Å². The molecule has 0 heterocycles. The molecular formula is C9H13N3O2. The van der Waals surface area contributed by atoms with Gasteiger partial charge >= 0.3 is 0 Å². The van der Waals surface area contributed by atoms with Crippen LogP contribution >= 0.6 is 0 Å². The van der Waals surface area contributed by atoms with Crippen LogP contribution in [0.1, 0.15) is 19.4 Å². The number of nitro benzene ring substituents is 1. The summed E-state index contributed by atoms with van der Waals surface area (Å²) in [7, 11) is 0. The first-order chi connectivity index (χ1) is 6.34. The smallest absolute Gasteiger partial charge is 0.292 e. The molecule has 0 aromatic heterocycles. The van der Waals surface area contributed by atoms with Crippen molar-refractivity contribution < 1.29 is 4.92 Å². The Morgan fingerprint density at radius 3 is 2.43 bits per heavy atom. The van der Waals surface area contributed by atoms with Crippen molar-refractivity contribution in [2.45, 2.75) is 19.4 Å². The van der Waals surface area contributed by atoms with Gasteiger partial charge in [0.05, 0.1) is 4.92 Å². The third-order valence-corrected chi connectivity index (χ3v) is 1.97. The first kappa shape index (κ1) is 10.5. The number of nitro groups is 1. The maximum atomic E-state index is 10.6. The number of nitrogens with zero attached hydrogens (tertiary/aromatic N) is 1. The molecule has 0 saturated carbocycles. The molecule has 1 rings (SSSR count). The Morgan fingerprint density at radius 2 is 2.00 bits per heavy atom. The van der Waals surface area contributed by atoms with Gasteiger partial charge in [-0.3, -0.25) is 10.1 Å². The van der Waals surface area contributed by atoms with Crippen LogP contribution in [-0.4, -0.2) is 4.92 Å². The highest BCUT2D eigenvalue weighted by atomic mass is 16.6. The molecule has 0 radical (unpaired) electrons. The number of rotatable bonds is 2. The lowest BCUT2D eigenvalue weighted by Crippen LogP contribution is -2.29. The van der Waals surface area contributed by atoms with Gasteiger partial charge in [-0.1, -0.05) is 12.1 Å². The van der Waals surface area contributed by atoms with E-state index in [9.17, 15) is 10.1 Å². The number of anilines is 1. The summed E-state index contributed by atoms with van der Waals surface area (Å²) in [5, 5.41) is 10.6. The number of hydrogen-bond donors (Lipinski definition) is 2. The highest BCUT2D eigenvalue weighted by molar-refractivity contribution is 5.64. The molecule has 5 nitrogen and oxygen atoms in total. The molecule has 14 heavy (non-hydrogen) atoms. The first-order valence-corrected chi connectivity index (χ1v) is 4.16. The molecule has 1 aromatic rings. The number of nitrogen functional groups attached to an aromatic ring is 1. The summed E-state index contributed by atoms with van der Waals surface area (Å²) in [6.07, 6.45) is 0. The predicted molar refractivity (Wildman–Crippen MR) is 54.7 cm³/mol. The Bertz CT molecular complexity index is 369. The van der Waals surface area contributed by atoms with Gasteiger partial charge in [-0.25, -0.2) is 0 Å². The van der Waals surface area contributed by atoms with Gasteiger partial charge in [-0.2, -0.15) is 0 Å². The average molecular weight is 195 g/mol. The van der Waals surface area contributed by atoms with Crippen LogP contribution in [0.3, 0.4) is 0 Å². The highest BCUT2D eigenvalue weighted by Gasteiger charge is 2.22. The molecule has 0 atom stereocenters. The van der Waals surface area contributed by atoms with Crippen LogP contribution in [0, 0.1) is 10.1 Å². The Kier molecular flexibility index (Phi) is 2.44.